The van der Waals surface area contributed by atoms with Gasteiger partial charge in [0.1, 0.15) is 23.3 Å². The zero-order chi connectivity index (χ0) is 24.1. The van der Waals surface area contributed by atoms with Gasteiger partial charge in [0.25, 0.3) is 5.91 Å². The Hall–Kier alpha value is -3.82. The zero-order valence-corrected chi connectivity index (χ0v) is 19.8. The van der Waals surface area contributed by atoms with Crippen LogP contribution in [0.25, 0.3) is 11.3 Å². The lowest BCUT2D eigenvalue weighted by atomic mass is 9.93. The van der Waals surface area contributed by atoms with Crippen molar-refractivity contribution in [1.82, 2.24) is 25.1 Å². The van der Waals surface area contributed by atoms with Gasteiger partial charge in [0.2, 0.25) is 11.8 Å². The smallest absolute Gasteiger partial charge is 0.269 e. The van der Waals surface area contributed by atoms with E-state index in [4.69, 9.17) is 18.9 Å². The summed E-state index contributed by atoms with van der Waals surface area (Å²) in [4.78, 5) is 21.3. The number of rotatable bonds is 8. The number of aromatic nitrogens is 4. The van der Waals surface area contributed by atoms with Crippen LogP contribution in [-0.4, -0.2) is 59.1 Å². The maximum atomic E-state index is 13.0. The van der Waals surface area contributed by atoms with Crippen molar-refractivity contribution in [3.63, 3.8) is 0 Å². The molecule has 0 saturated heterocycles. The molecule has 1 N–H and O–H groups in total. The van der Waals surface area contributed by atoms with E-state index in [1.807, 2.05) is 18.2 Å². The van der Waals surface area contributed by atoms with Crippen LogP contribution in [0, 0.1) is 0 Å². The largest absolute Gasteiger partial charge is 0.497 e. The molecule has 180 valence electrons. The Bertz CT molecular complexity index is 1140. The number of ether oxygens (including phenoxy) is 4. The molecule has 0 aliphatic heterocycles. The Morgan fingerprint density at radius 2 is 1.76 bits per heavy atom. The van der Waals surface area contributed by atoms with E-state index in [0.29, 0.717) is 34.6 Å². The summed E-state index contributed by atoms with van der Waals surface area (Å²) in [5.74, 6) is 2.05. The predicted octanol–water partition coefficient (Wildman–Crippen LogP) is 3.02. The van der Waals surface area contributed by atoms with Crippen molar-refractivity contribution in [2.75, 3.05) is 21.3 Å². The Labute approximate surface area is 198 Å². The fraction of sp³-hybridized carbons (Fsp3) is 0.417. The molecule has 1 amide bonds. The Morgan fingerprint density at radius 3 is 2.47 bits per heavy atom. The topological polar surface area (TPSA) is 110 Å². The molecule has 0 bridgehead atoms. The fourth-order valence-corrected chi connectivity index (χ4v) is 4.07. The van der Waals surface area contributed by atoms with Crippen molar-refractivity contribution in [3.05, 3.63) is 42.4 Å². The van der Waals surface area contributed by atoms with Gasteiger partial charge in [0.05, 0.1) is 39.4 Å². The highest BCUT2D eigenvalue weighted by Crippen LogP contribution is 2.33. The maximum Gasteiger partial charge on any atom is 0.269 e. The van der Waals surface area contributed by atoms with E-state index in [1.54, 1.807) is 45.3 Å². The summed E-state index contributed by atoms with van der Waals surface area (Å²) in [5, 5.41) is 7.66. The molecule has 0 unspecified atom stereocenters. The van der Waals surface area contributed by atoms with E-state index < -0.39 is 0 Å². The highest BCUT2D eigenvalue weighted by atomic mass is 16.5. The number of carbonyl (C=O) groups excluding carboxylic acids is 1. The van der Waals surface area contributed by atoms with Crippen LogP contribution in [0.2, 0.25) is 0 Å². The molecule has 1 aromatic carbocycles. The summed E-state index contributed by atoms with van der Waals surface area (Å²) in [7, 11) is 6.50. The molecule has 4 rings (SSSR count). The van der Waals surface area contributed by atoms with Gasteiger partial charge in [-0.1, -0.05) is 0 Å². The lowest BCUT2D eigenvalue weighted by Gasteiger charge is -2.29. The summed E-state index contributed by atoms with van der Waals surface area (Å²) in [6, 6.07) is 7.31. The number of benzene rings is 1. The first-order valence-corrected chi connectivity index (χ1v) is 11.1. The second-order valence-electron chi connectivity index (χ2n) is 8.07. The van der Waals surface area contributed by atoms with E-state index in [-0.39, 0.29) is 18.1 Å². The van der Waals surface area contributed by atoms with E-state index in [2.05, 4.69) is 20.4 Å². The molecule has 0 spiro atoms. The van der Waals surface area contributed by atoms with Gasteiger partial charge in [-0.25, -0.2) is 0 Å². The molecule has 1 saturated carbocycles. The van der Waals surface area contributed by atoms with Crippen LogP contribution in [0.4, 0.5) is 0 Å². The van der Waals surface area contributed by atoms with Gasteiger partial charge < -0.3 is 24.3 Å². The van der Waals surface area contributed by atoms with Crippen LogP contribution in [0.5, 0.6) is 23.3 Å². The van der Waals surface area contributed by atoms with Crippen molar-refractivity contribution in [2.24, 2.45) is 7.05 Å². The molecule has 1 fully saturated rings. The summed E-state index contributed by atoms with van der Waals surface area (Å²) < 4.78 is 23.4. The molecule has 34 heavy (non-hydrogen) atoms. The minimum atomic E-state index is -0.161. The summed E-state index contributed by atoms with van der Waals surface area (Å²) >= 11 is 0. The quantitative estimate of drug-likeness (QED) is 0.538. The minimum absolute atomic E-state index is 0.0263. The van der Waals surface area contributed by atoms with Crippen LogP contribution in [0.1, 0.15) is 36.2 Å². The van der Waals surface area contributed by atoms with E-state index in [9.17, 15) is 4.79 Å². The van der Waals surface area contributed by atoms with E-state index in [1.165, 1.54) is 6.20 Å². The number of hydrogen-bond donors (Lipinski definition) is 1. The first-order valence-electron chi connectivity index (χ1n) is 11.1. The molecule has 3 aromatic rings. The zero-order valence-electron chi connectivity index (χ0n) is 19.8. The van der Waals surface area contributed by atoms with Gasteiger partial charge in [0, 0.05) is 18.7 Å². The number of amides is 1. The van der Waals surface area contributed by atoms with Crippen molar-refractivity contribution in [1.29, 1.82) is 0 Å². The summed E-state index contributed by atoms with van der Waals surface area (Å²) in [6.07, 6.45) is 6.37. The third kappa shape index (κ3) is 5.22. The molecule has 0 radical (unpaired) electrons. The normalized spacial score (nSPS) is 17.6. The summed E-state index contributed by atoms with van der Waals surface area (Å²) in [5.41, 5.74) is 1.87. The average molecular weight is 468 g/mol. The highest BCUT2D eigenvalue weighted by Gasteiger charge is 2.26. The van der Waals surface area contributed by atoms with Gasteiger partial charge >= 0.3 is 0 Å². The van der Waals surface area contributed by atoms with Crippen molar-refractivity contribution in [3.8, 4) is 34.5 Å². The van der Waals surface area contributed by atoms with E-state index in [0.717, 1.165) is 31.2 Å². The standard InChI is InChI=1S/C24H29N5O5/c1-29-20(12-19(28-29)18-11-17(31-2)9-10-21(18)32-3)24(30)26-15-5-7-16(8-6-15)34-23-14-25-13-22(27-23)33-4/h9-16H,5-8H2,1-4H3,(H,26,30). The van der Waals surface area contributed by atoms with Gasteiger partial charge in [0.15, 0.2) is 0 Å². The van der Waals surface area contributed by atoms with Crippen LogP contribution in [0.15, 0.2) is 36.7 Å². The lowest BCUT2D eigenvalue weighted by Crippen LogP contribution is -2.40. The molecule has 10 heteroatoms. The molecule has 2 heterocycles. The van der Waals surface area contributed by atoms with Gasteiger partial charge in [-0.3, -0.25) is 14.5 Å². The summed E-state index contributed by atoms with van der Waals surface area (Å²) in [6.45, 7) is 0. The monoisotopic (exact) mass is 467 g/mol. The Kier molecular flexibility index (Phi) is 7.15. The number of hydrogen-bond acceptors (Lipinski definition) is 8. The highest BCUT2D eigenvalue weighted by molar-refractivity contribution is 5.94. The number of aryl methyl sites for hydroxylation is 1. The molecule has 0 atom stereocenters. The van der Waals surface area contributed by atoms with Crippen LogP contribution >= 0.6 is 0 Å². The number of carbonyl (C=O) groups is 1. The van der Waals surface area contributed by atoms with E-state index >= 15 is 0 Å². The lowest BCUT2D eigenvalue weighted by molar-refractivity contribution is 0.0880. The molecular weight excluding hydrogens is 438 g/mol. The SMILES string of the molecule is COc1ccc(OC)c(-c2cc(C(=O)NC3CCC(Oc4cncc(OC)n4)CC3)n(C)n2)c1. The van der Waals surface area contributed by atoms with Crippen molar-refractivity contribution in [2.45, 2.75) is 37.8 Å². The number of nitrogens with one attached hydrogen (secondary N) is 1. The Balaban J connectivity index is 1.37. The Morgan fingerprint density at radius 1 is 1.00 bits per heavy atom. The van der Waals surface area contributed by atoms with Crippen LogP contribution < -0.4 is 24.3 Å². The predicted molar refractivity (Wildman–Crippen MR) is 124 cm³/mol. The second kappa shape index (κ2) is 10.4. The van der Waals surface area contributed by atoms with Gasteiger partial charge in [-0.05, 0) is 49.9 Å². The molecule has 1 aliphatic rings. The van der Waals surface area contributed by atoms with Crippen LogP contribution in [-0.2, 0) is 7.05 Å². The first-order chi connectivity index (χ1) is 16.5. The van der Waals surface area contributed by atoms with Gasteiger partial charge in [-0.2, -0.15) is 10.1 Å². The average Bonchev–Trinajstić information content (AvgIpc) is 3.26. The van der Waals surface area contributed by atoms with Crippen molar-refractivity contribution < 1.29 is 23.7 Å². The molecular formula is C24H29N5O5. The van der Waals surface area contributed by atoms with Gasteiger partial charge in [-0.15, -0.1) is 0 Å². The van der Waals surface area contributed by atoms with Crippen molar-refractivity contribution >= 4 is 5.91 Å². The third-order valence-electron chi connectivity index (χ3n) is 5.89. The molecule has 10 nitrogen and oxygen atoms in total. The fourth-order valence-electron chi connectivity index (χ4n) is 4.07. The third-order valence-corrected chi connectivity index (χ3v) is 5.89. The minimum Gasteiger partial charge on any atom is -0.497 e. The molecule has 1 aliphatic carbocycles. The number of methoxy groups -OCH3 is 3. The second-order valence-corrected chi connectivity index (χ2v) is 8.07. The molecule has 2 aromatic heterocycles. The maximum absolute atomic E-state index is 13.0. The number of nitrogens with zero attached hydrogens (tertiary/aromatic N) is 4. The first kappa shape index (κ1) is 23.3. The van der Waals surface area contributed by atoms with Crippen LogP contribution in [0.3, 0.4) is 0 Å².